The second-order valence-electron chi connectivity index (χ2n) is 8.88. The van der Waals surface area contributed by atoms with Gasteiger partial charge in [-0.05, 0) is 90.8 Å². The summed E-state index contributed by atoms with van der Waals surface area (Å²) in [5.74, 6) is -1.27. The summed E-state index contributed by atoms with van der Waals surface area (Å²) in [6.07, 6.45) is -3.18. The highest BCUT2D eigenvalue weighted by Gasteiger charge is 2.32. The Morgan fingerprint density at radius 1 is 0.949 bits per heavy atom. The highest BCUT2D eigenvalue weighted by Crippen LogP contribution is 2.44. The maximum Gasteiger partial charge on any atom is 0.416 e. The van der Waals surface area contributed by atoms with Crippen molar-refractivity contribution in [2.45, 2.75) is 20.0 Å². The van der Waals surface area contributed by atoms with Gasteiger partial charge in [0.1, 0.15) is 11.4 Å². The molecule has 198 valence electrons. The number of alkyl halides is 3. The fraction of sp³-hybridized carbons (Fsp3) is 0.111. The quantitative estimate of drug-likeness (QED) is 0.180. The van der Waals surface area contributed by atoms with E-state index in [4.69, 9.17) is 0 Å². The van der Waals surface area contributed by atoms with Crippen molar-refractivity contribution < 1.29 is 33.0 Å². The van der Waals surface area contributed by atoms with Gasteiger partial charge in [0.15, 0.2) is 5.69 Å². The van der Waals surface area contributed by atoms with Crippen LogP contribution in [0.15, 0.2) is 69.7 Å². The lowest BCUT2D eigenvalue weighted by Gasteiger charge is -2.11. The van der Waals surface area contributed by atoms with E-state index in [-0.39, 0.29) is 32.9 Å². The summed E-state index contributed by atoms with van der Waals surface area (Å²) in [5, 5.41) is 31.6. The molecule has 0 atom stereocenters. The van der Waals surface area contributed by atoms with Gasteiger partial charge in [0.05, 0.1) is 16.0 Å². The van der Waals surface area contributed by atoms with E-state index in [1.54, 1.807) is 12.1 Å². The van der Waals surface area contributed by atoms with Gasteiger partial charge in [0.25, 0.3) is 11.1 Å². The third-order valence-corrected chi connectivity index (χ3v) is 6.72. The lowest BCUT2D eigenvalue weighted by Crippen LogP contribution is -2.17. The van der Waals surface area contributed by atoms with Crippen molar-refractivity contribution >= 4 is 51.3 Å². The summed E-state index contributed by atoms with van der Waals surface area (Å²) in [6.45, 7) is 3.66. The second-order valence-corrected chi connectivity index (χ2v) is 9.90. The van der Waals surface area contributed by atoms with Crippen LogP contribution >= 0.6 is 11.8 Å². The molecule has 3 aromatic carbocycles. The molecule has 0 aliphatic carbocycles. The number of benzene rings is 3. The Kier molecular flexibility index (Phi) is 6.43. The first kappa shape index (κ1) is 26.0. The lowest BCUT2D eigenvalue weighted by atomic mass is 10.1. The van der Waals surface area contributed by atoms with E-state index in [1.165, 1.54) is 34.9 Å². The lowest BCUT2D eigenvalue weighted by molar-refractivity contribution is -0.137. The van der Waals surface area contributed by atoms with Crippen molar-refractivity contribution in [2.24, 2.45) is 10.2 Å². The first-order valence-electron chi connectivity index (χ1n) is 11.4. The molecular weight excluding hydrogens is 533 g/mol. The molecule has 1 saturated heterocycles. The highest BCUT2D eigenvalue weighted by atomic mass is 32.2. The Labute approximate surface area is 223 Å². The van der Waals surface area contributed by atoms with Crippen LogP contribution in [-0.2, 0) is 11.0 Å². The number of fused-ring (bicyclic) bond motifs is 1. The van der Waals surface area contributed by atoms with Crippen LogP contribution in [0.1, 0.15) is 22.3 Å². The van der Waals surface area contributed by atoms with Gasteiger partial charge < -0.3 is 10.2 Å². The number of amides is 2. The van der Waals surface area contributed by atoms with Crippen LogP contribution in [-0.4, -0.2) is 25.9 Å². The highest BCUT2D eigenvalue weighted by molar-refractivity contribution is 8.18. The van der Waals surface area contributed by atoms with Crippen LogP contribution in [0.3, 0.4) is 0 Å². The van der Waals surface area contributed by atoms with Crippen LogP contribution < -0.4 is 5.32 Å². The molecule has 2 amide bonds. The molecule has 0 saturated carbocycles. The van der Waals surface area contributed by atoms with E-state index >= 15 is 0 Å². The largest absolute Gasteiger partial charge is 0.506 e. The molecule has 12 heteroatoms. The fourth-order valence-electron chi connectivity index (χ4n) is 4.26. The van der Waals surface area contributed by atoms with Gasteiger partial charge in [-0.25, -0.2) is 0 Å². The third-order valence-electron chi connectivity index (χ3n) is 5.91. The zero-order valence-electron chi connectivity index (χ0n) is 20.4. The number of nitrogens with zero attached hydrogens (tertiary/aromatic N) is 3. The first-order chi connectivity index (χ1) is 18.4. The van der Waals surface area contributed by atoms with Gasteiger partial charge in [-0.3, -0.25) is 19.5 Å². The van der Waals surface area contributed by atoms with Crippen molar-refractivity contribution in [3.63, 3.8) is 0 Å². The van der Waals surface area contributed by atoms with Gasteiger partial charge in [0, 0.05) is 11.1 Å². The number of azo groups is 1. The topological polar surface area (TPSA) is 116 Å². The number of nitrogens with one attached hydrogen (secondary N) is 1. The molecule has 3 N–H and O–H groups in total. The van der Waals surface area contributed by atoms with Crippen LogP contribution in [0.5, 0.6) is 11.6 Å². The predicted molar refractivity (Wildman–Crippen MR) is 141 cm³/mol. The molecule has 1 aliphatic rings. The van der Waals surface area contributed by atoms with Crippen molar-refractivity contribution in [1.82, 2.24) is 9.88 Å². The zero-order chi connectivity index (χ0) is 28.1. The number of aromatic nitrogens is 1. The monoisotopic (exact) mass is 552 g/mol. The summed E-state index contributed by atoms with van der Waals surface area (Å²) in [7, 11) is 0. The Morgan fingerprint density at radius 2 is 1.67 bits per heavy atom. The SMILES string of the molecule is Cc1cc(C)cc(-n2c(O)c(N=Nc3ccc(C=C4SC(=O)NC4=O)cc3O)c3ccc(C(F)(F)F)cc32)c1. The van der Waals surface area contributed by atoms with E-state index in [2.05, 4.69) is 15.5 Å². The molecule has 2 heterocycles. The summed E-state index contributed by atoms with van der Waals surface area (Å²) < 4.78 is 41.8. The Balaban J connectivity index is 1.59. The van der Waals surface area contributed by atoms with E-state index in [1.807, 2.05) is 19.9 Å². The summed E-state index contributed by atoms with van der Waals surface area (Å²) >= 11 is 0.731. The second kappa shape index (κ2) is 9.62. The van der Waals surface area contributed by atoms with Crippen LogP contribution in [0.2, 0.25) is 0 Å². The molecule has 0 bridgehead atoms. The zero-order valence-corrected chi connectivity index (χ0v) is 21.2. The number of hydrogen-bond acceptors (Lipinski definition) is 7. The number of phenolic OH excluding ortho intramolecular Hbond substituents is 1. The van der Waals surface area contributed by atoms with Crippen molar-refractivity contribution in [2.75, 3.05) is 0 Å². The van der Waals surface area contributed by atoms with E-state index in [0.717, 1.165) is 35.0 Å². The van der Waals surface area contributed by atoms with E-state index in [0.29, 0.717) is 11.3 Å². The van der Waals surface area contributed by atoms with Gasteiger partial charge in [-0.1, -0.05) is 12.1 Å². The standard InChI is InChI=1S/C27H19F3N4O4S/c1-13-7-14(2)9-17(8-13)34-20-12-16(27(28,29)30)4-5-18(20)23(25(34)37)33-32-19-6-3-15(10-21(19)35)11-22-24(36)31-26(38)39-22/h3-12,35,37H,1-2H3,(H,31,36,38). The number of hydrogen-bond donors (Lipinski definition) is 3. The smallest absolute Gasteiger partial charge is 0.416 e. The molecule has 1 aromatic heterocycles. The minimum atomic E-state index is -4.60. The number of aromatic hydroxyl groups is 2. The van der Waals surface area contributed by atoms with Crippen LogP contribution in [0, 0.1) is 13.8 Å². The molecule has 0 radical (unpaired) electrons. The molecular formula is C27H19F3N4O4S. The number of carbonyl (C=O) groups is 2. The third kappa shape index (κ3) is 5.10. The molecule has 8 nitrogen and oxygen atoms in total. The number of phenols is 1. The first-order valence-corrected chi connectivity index (χ1v) is 12.3. The van der Waals surface area contributed by atoms with E-state index in [9.17, 15) is 33.0 Å². The van der Waals surface area contributed by atoms with Crippen molar-refractivity contribution in [3.05, 3.63) is 81.8 Å². The number of carbonyl (C=O) groups excluding carboxylic acids is 2. The molecule has 5 rings (SSSR count). The van der Waals surface area contributed by atoms with E-state index < -0.39 is 28.8 Å². The Morgan fingerprint density at radius 3 is 2.28 bits per heavy atom. The van der Waals surface area contributed by atoms with Crippen molar-refractivity contribution in [1.29, 1.82) is 0 Å². The Bertz CT molecular complexity index is 1720. The fourth-order valence-corrected chi connectivity index (χ4v) is 4.95. The average molecular weight is 553 g/mol. The number of halogens is 3. The summed E-state index contributed by atoms with van der Waals surface area (Å²) in [6, 6.07) is 12.6. The maximum absolute atomic E-state index is 13.5. The minimum Gasteiger partial charge on any atom is -0.506 e. The molecule has 0 spiro atoms. The average Bonchev–Trinajstić information content (AvgIpc) is 3.30. The summed E-state index contributed by atoms with van der Waals surface area (Å²) in [5.41, 5.74) is 1.68. The van der Waals surface area contributed by atoms with Gasteiger partial charge in [-0.15, -0.1) is 10.2 Å². The van der Waals surface area contributed by atoms with Crippen molar-refractivity contribution in [3.8, 4) is 17.3 Å². The normalized spacial score (nSPS) is 15.2. The molecule has 0 unspecified atom stereocenters. The molecule has 39 heavy (non-hydrogen) atoms. The molecule has 1 aliphatic heterocycles. The molecule has 4 aromatic rings. The van der Waals surface area contributed by atoms with Crippen LogP contribution in [0.25, 0.3) is 22.7 Å². The van der Waals surface area contributed by atoms with Gasteiger partial charge in [0.2, 0.25) is 5.88 Å². The number of thioether (sulfide) groups is 1. The maximum atomic E-state index is 13.5. The minimum absolute atomic E-state index is 0.00960. The Hall–Kier alpha value is -4.58. The van der Waals surface area contributed by atoms with Gasteiger partial charge in [-0.2, -0.15) is 13.2 Å². The van der Waals surface area contributed by atoms with Gasteiger partial charge >= 0.3 is 6.18 Å². The molecule has 1 fully saturated rings. The summed E-state index contributed by atoms with van der Waals surface area (Å²) in [4.78, 5) is 23.3. The van der Waals surface area contributed by atoms with Crippen LogP contribution in [0.4, 0.5) is 29.3 Å². The predicted octanol–water partition coefficient (Wildman–Crippen LogP) is 7.42. The number of imide groups is 1. The number of aryl methyl sites for hydroxylation is 2. The number of rotatable bonds is 4.